The highest BCUT2D eigenvalue weighted by molar-refractivity contribution is 5.85. The lowest BCUT2D eigenvalue weighted by molar-refractivity contribution is 0.134. The van der Waals surface area contributed by atoms with Gasteiger partial charge in [-0.1, -0.05) is 0 Å². The first-order chi connectivity index (χ1) is 8.69. The maximum atomic E-state index is 9.21. The van der Waals surface area contributed by atoms with E-state index in [2.05, 4.69) is 5.10 Å². The minimum Gasteiger partial charge on any atom is -0.487 e. The number of aliphatic hydroxyl groups is 1. The Hall–Kier alpha value is -1.59. The fourth-order valence-electron chi connectivity index (χ4n) is 2.50. The van der Waals surface area contributed by atoms with E-state index in [1.165, 1.54) is 0 Å². The van der Waals surface area contributed by atoms with Gasteiger partial charge in [-0.25, -0.2) is 0 Å². The van der Waals surface area contributed by atoms with Crippen LogP contribution in [-0.2, 0) is 13.0 Å². The molecular weight excluding hydrogens is 230 g/mol. The van der Waals surface area contributed by atoms with Crippen molar-refractivity contribution in [1.82, 2.24) is 9.78 Å². The van der Waals surface area contributed by atoms with Gasteiger partial charge in [-0.3, -0.25) is 4.68 Å². The van der Waals surface area contributed by atoms with Crippen molar-refractivity contribution in [1.29, 1.82) is 0 Å². The summed E-state index contributed by atoms with van der Waals surface area (Å²) in [4.78, 5) is 0. The second-order valence-electron chi connectivity index (χ2n) is 4.91. The molecule has 1 aromatic heterocycles. The number of fused-ring (bicyclic) bond motifs is 3. The van der Waals surface area contributed by atoms with Crippen LogP contribution in [0.4, 0.5) is 0 Å². The summed E-state index contributed by atoms with van der Waals surface area (Å²) in [6.45, 7) is 2.69. The van der Waals surface area contributed by atoms with Gasteiger partial charge in [-0.2, -0.15) is 5.10 Å². The van der Waals surface area contributed by atoms with Crippen LogP contribution < -0.4 is 10.5 Å². The zero-order chi connectivity index (χ0) is 12.7. The first kappa shape index (κ1) is 11.5. The molecule has 0 saturated carbocycles. The van der Waals surface area contributed by atoms with E-state index in [4.69, 9.17) is 10.5 Å². The number of ether oxygens (including phenoxy) is 1. The van der Waals surface area contributed by atoms with Crippen molar-refractivity contribution < 1.29 is 9.84 Å². The van der Waals surface area contributed by atoms with Crippen molar-refractivity contribution in [3.63, 3.8) is 0 Å². The summed E-state index contributed by atoms with van der Waals surface area (Å²) in [6.07, 6.45) is 2.45. The Balaban J connectivity index is 2.11. The van der Waals surface area contributed by atoms with E-state index >= 15 is 0 Å². The number of aromatic nitrogens is 2. The van der Waals surface area contributed by atoms with Crippen molar-refractivity contribution in [3.05, 3.63) is 23.9 Å². The largest absolute Gasteiger partial charge is 0.487 e. The normalized spacial score (nSPS) is 19.8. The number of nitrogens with zero attached hydrogens (tertiary/aromatic N) is 2. The summed E-state index contributed by atoms with van der Waals surface area (Å²) in [5.41, 5.74) is 8.05. The molecule has 0 saturated heterocycles. The van der Waals surface area contributed by atoms with Gasteiger partial charge in [-0.05, 0) is 19.1 Å². The third-order valence-corrected chi connectivity index (χ3v) is 3.26. The van der Waals surface area contributed by atoms with Crippen molar-refractivity contribution in [2.24, 2.45) is 5.73 Å². The summed E-state index contributed by atoms with van der Waals surface area (Å²) in [6, 6.07) is 4.00. The lowest BCUT2D eigenvalue weighted by Gasteiger charge is -2.08. The van der Waals surface area contributed by atoms with E-state index in [9.17, 15) is 5.11 Å². The molecule has 1 aliphatic heterocycles. The van der Waals surface area contributed by atoms with E-state index in [-0.39, 0.29) is 18.8 Å². The Bertz CT molecular complexity index is 577. The molecule has 1 aromatic carbocycles. The Morgan fingerprint density at radius 1 is 1.61 bits per heavy atom. The molecule has 2 aromatic rings. The summed E-state index contributed by atoms with van der Waals surface area (Å²) in [7, 11) is 0. The predicted molar refractivity (Wildman–Crippen MR) is 68.6 cm³/mol. The number of rotatable bonds is 3. The van der Waals surface area contributed by atoms with Gasteiger partial charge in [0, 0.05) is 23.4 Å². The average Bonchev–Trinajstić information content (AvgIpc) is 2.91. The fraction of sp³-hybridized carbons (Fsp3) is 0.462. The summed E-state index contributed by atoms with van der Waals surface area (Å²) >= 11 is 0. The van der Waals surface area contributed by atoms with Crippen molar-refractivity contribution in [2.75, 3.05) is 6.61 Å². The van der Waals surface area contributed by atoms with Crippen LogP contribution in [0.25, 0.3) is 10.9 Å². The molecule has 2 unspecified atom stereocenters. The first-order valence-electron chi connectivity index (χ1n) is 6.19. The number of aliphatic hydroxyl groups excluding tert-OH is 1. The van der Waals surface area contributed by atoms with E-state index < -0.39 is 0 Å². The summed E-state index contributed by atoms with van der Waals surface area (Å²) in [5, 5.41) is 14.7. The zero-order valence-corrected chi connectivity index (χ0v) is 10.3. The van der Waals surface area contributed by atoms with Crippen LogP contribution in [0.1, 0.15) is 12.5 Å². The van der Waals surface area contributed by atoms with Crippen LogP contribution in [0.3, 0.4) is 0 Å². The Morgan fingerprint density at radius 3 is 3.17 bits per heavy atom. The first-order valence-corrected chi connectivity index (χ1v) is 6.19. The van der Waals surface area contributed by atoms with Crippen LogP contribution in [0.2, 0.25) is 0 Å². The SMILES string of the molecule is CC(N)Cn1ncc2ccc3c(c21)CC(CO)O3. The number of nitrogens with two attached hydrogens (primary N) is 1. The Labute approximate surface area is 105 Å². The topological polar surface area (TPSA) is 73.3 Å². The minimum absolute atomic E-state index is 0.0393. The second kappa shape index (κ2) is 4.26. The van der Waals surface area contributed by atoms with Gasteiger partial charge in [0.1, 0.15) is 11.9 Å². The molecule has 1 aliphatic rings. The van der Waals surface area contributed by atoms with Crippen molar-refractivity contribution in [2.45, 2.75) is 32.0 Å². The van der Waals surface area contributed by atoms with E-state index in [0.29, 0.717) is 6.54 Å². The molecule has 2 atom stereocenters. The van der Waals surface area contributed by atoms with Gasteiger partial charge < -0.3 is 15.6 Å². The number of hydrogen-bond acceptors (Lipinski definition) is 4. The molecule has 0 radical (unpaired) electrons. The quantitative estimate of drug-likeness (QED) is 0.836. The highest BCUT2D eigenvalue weighted by atomic mass is 16.5. The van der Waals surface area contributed by atoms with Crippen molar-refractivity contribution >= 4 is 10.9 Å². The molecular formula is C13H17N3O2. The van der Waals surface area contributed by atoms with Crippen LogP contribution in [0, 0.1) is 0 Å². The smallest absolute Gasteiger partial charge is 0.126 e. The van der Waals surface area contributed by atoms with E-state index in [1.807, 2.05) is 29.9 Å². The highest BCUT2D eigenvalue weighted by Crippen LogP contribution is 2.34. The zero-order valence-electron chi connectivity index (χ0n) is 10.3. The molecule has 96 valence electrons. The highest BCUT2D eigenvalue weighted by Gasteiger charge is 2.26. The van der Waals surface area contributed by atoms with E-state index in [1.54, 1.807) is 0 Å². The monoisotopic (exact) mass is 247 g/mol. The number of hydrogen-bond donors (Lipinski definition) is 2. The maximum absolute atomic E-state index is 9.21. The van der Waals surface area contributed by atoms with Crippen LogP contribution in [0.5, 0.6) is 5.75 Å². The standard InChI is InChI=1S/C13H17N3O2/c1-8(14)6-16-13-9(5-15-16)2-3-12-11(13)4-10(7-17)18-12/h2-3,5,8,10,17H,4,6-7,14H2,1H3. The molecule has 5 nitrogen and oxygen atoms in total. The average molecular weight is 247 g/mol. The van der Waals surface area contributed by atoms with Gasteiger partial charge in [0.05, 0.1) is 24.9 Å². The van der Waals surface area contributed by atoms with Crippen LogP contribution >= 0.6 is 0 Å². The van der Waals surface area contributed by atoms with Gasteiger partial charge in [0.2, 0.25) is 0 Å². The molecule has 0 fully saturated rings. The molecule has 3 N–H and O–H groups in total. The lowest BCUT2D eigenvalue weighted by Crippen LogP contribution is -2.23. The van der Waals surface area contributed by atoms with Gasteiger partial charge in [0.15, 0.2) is 0 Å². The molecule has 0 bridgehead atoms. The minimum atomic E-state index is -0.135. The molecule has 5 heteroatoms. The van der Waals surface area contributed by atoms with Gasteiger partial charge in [0.25, 0.3) is 0 Å². The Kier molecular flexibility index (Phi) is 2.72. The third kappa shape index (κ3) is 1.76. The maximum Gasteiger partial charge on any atom is 0.126 e. The summed E-state index contributed by atoms with van der Waals surface area (Å²) < 4.78 is 7.60. The lowest BCUT2D eigenvalue weighted by atomic mass is 10.1. The molecule has 0 aliphatic carbocycles. The Morgan fingerprint density at radius 2 is 2.44 bits per heavy atom. The molecule has 18 heavy (non-hydrogen) atoms. The van der Waals surface area contributed by atoms with E-state index in [0.717, 1.165) is 28.6 Å². The third-order valence-electron chi connectivity index (χ3n) is 3.26. The number of benzene rings is 1. The van der Waals surface area contributed by atoms with Crippen molar-refractivity contribution in [3.8, 4) is 5.75 Å². The fourth-order valence-corrected chi connectivity index (χ4v) is 2.50. The molecule has 0 amide bonds. The molecule has 2 heterocycles. The molecule has 3 rings (SSSR count). The summed E-state index contributed by atoms with van der Waals surface area (Å²) in [5.74, 6) is 0.855. The van der Waals surface area contributed by atoms with Gasteiger partial charge in [-0.15, -0.1) is 0 Å². The van der Waals surface area contributed by atoms with Crippen LogP contribution in [0.15, 0.2) is 18.3 Å². The molecule has 0 spiro atoms. The predicted octanol–water partition coefficient (Wildman–Crippen LogP) is 0.679. The second-order valence-corrected chi connectivity index (χ2v) is 4.91. The van der Waals surface area contributed by atoms with Crippen LogP contribution in [-0.4, -0.2) is 33.6 Å². The van der Waals surface area contributed by atoms with Gasteiger partial charge >= 0.3 is 0 Å².